The van der Waals surface area contributed by atoms with Crippen LogP contribution in [0.1, 0.15) is 18.0 Å². The van der Waals surface area contributed by atoms with Crippen LogP contribution in [-0.4, -0.2) is 38.8 Å². The van der Waals surface area contributed by atoms with Gasteiger partial charge in [0.05, 0.1) is 0 Å². The maximum absolute atomic E-state index is 5.63. The average Bonchev–Trinajstić information content (AvgIpc) is 2.39. The average molecular weight is 251 g/mol. The number of hydrogen-bond donors (Lipinski definition) is 2. The number of hydrazine groups is 1. The zero-order chi connectivity index (χ0) is 13.0. The largest absolute Gasteiger partial charge is 0.486 e. The Morgan fingerprint density at radius 3 is 2.67 bits per heavy atom. The molecule has 0 bridgehead atoms. The molecule has 0 radical (unpaired) electrons. The first-order valence-corrected chi connectivity index (χ1v) is 6.21. The molecule has 3 N–H and O–H groups in total. The van der Waals surface area contributed by atoms with Crippen molar-refractivity contribution < 1.29 is 9.47 Å². The van der Waals surface area contributed by atoms with E-state index in [1.54, 1.807) is 0 Å². The summed E-state index contributed by atoms with van der Waals surface area (Å²) in [6.45, 7) is 2.20. The van der Waals surface area contributed by atoms with Crippen molar-refractivity contribution in [3.63, 3.8) is 0 Å². The van der Waals surface area contributed by atoms with E-state index in [1.165, 1.54) is 0 Å². The molecule has 0 aromatic heterocycles. The Morgan fingerprint density at radius 2 is 2.00 bits per heavy atom. The van der Waals surface area contributed by atoms with E-state index in [1.807, 2.05) is 18.2 Å². The number of ether oxygens (including phenoxy) is 2. The lowest BCUT2D eigenvalue weighted by atomic mass is 10.0. The number of benzene rings is 1. The van der Waals surface area contributed by atoms with Crippen LogP contribution in [0.25, 0.3) is 0 Å². The zero-order valence-corrected chi connectivity index (χ0v) is 11.0. The van der Waals surface area contributed by atoms with Gasteiger partial charge in [0.2, 0.25) is 0 Å². The Morgan fingerprint density at radius 1 is 1.28 bits per heavy atom. The van der Waals surface area contributed by atoms with Crippen molar-refractivity contribution >= 4 is 0 Å². The van der Waals surface area contributed by atoms with Crippen molar-refractivity contribution in [3.05, 3.63) is 23.8 Å². The maximum Gasteiger partial charge on any atom is 0.161 e. The van der Waals surface area contributed by atoms with Crippen molar-refractivity contribution in [1.29, 1.82) is 0 Å². The van der Waals surface area contributed by atoms with Crippen molar-refractivity contribution in [2.24, 2.45) is 5.84 Å². The van der Waals surface area contributed by atoms with E-state index in [4.69, 9.17) is 15.3 Å². The van der Waals surface area contributed by atoms with Crippen LogP contribution >= 0.6 is 0 Å². The standard InChI is InChI=1S/C13H21N3O2/c1-16(2)6-5-11(15-14)10-3-4-12-13(9-10)18-8-7-17-12/h3-4,9,11,15H,5-8,14H2,1-2H3. The normalized spacial score (nSPS) is 15.8. The van der Waals surface area contributed by atoms with Crippen LogP contribution in [0.2, 0.25) is 0 Å². The fraction of sp³-hybridized carbons (Fsp3) is 0.538. The molecule has 0 aliphatic carbocycles. The van der Waals surface area contributed by atoms with Gasteiger partial charge in [0.1, 0.15) is 13.2 Å². The van der Waals surface area contributed by atoms with Crippen LogP contribution in [0.3, 0.4) is 0 Å². The molecule has 0 spiro atoms. The maximum atomic E-state index is 5.63. The van der Waals surface area contributed by atoms with Crippen LogP contribution < -0.4 is 20.7 Å². The summed E-state index contributed by atoms with van der Waals surface area (Å²) in [6.07, 6.45) is 0.948. The lowest BCUT2D eigenvalue weighted by Crippen LogP contribution is -2.30. The second-order valence-corrected chi connectivity index (χ2v) is 4.71. The molecule has 18 heavy (non-hydrogen) atoms. The van der Waals surface area contributed by atoms with Gasteiger partial charge >= 0.3 is 0 Å². The second-order valence-electron chi connectivity index (χ2n) is 4.71. The van der Waals surface area contributed by atoms with Gasteiger partial charge in [-0.05, 0) is 44.8 Å². The molecule has 1 aromatic carbocycles. The fourth-order valence-corrected chi connectivity index (χ4v) is 2.01. The molecule has 100 valence electrons. The molecule has 1 aliphatic heterocycles. The Hall–Kier alpha value is -1.30. The van der Waals surface area contributed by atoms with Gasteiger partial charge < -0.3 is 14.4 Å². The van der Waals surface area contributed by atoms with E-state index in [0.29, 0.717) is 13.2 Å². The topological polar surface area (TPSA) is 59.8 Å². The van der Waals surface area contributed by atoms with E-state index in [0.717, 1.165) is 30.0 Å². The zero-order valence-electron chi connectivity index (χ0n) is 11.0. The summed E-state index contributed by atoms with van der Waals surface area (Å²) in [7, 11) is 4.11. The van der Waals surface area contributed by atoms with E-state index in [-0.39, 0.29) is 6.04 Å². The van der Waals surface area contributed by atoms with Gasteiger partial charge in [0.15, 0.2) is 11.5 Å². The number of hydrogen-bond acceptors (Lipinski definition) is 5. The smallest absolute Gasteiger partial charge is 0.161 e. The molecule has 1 atom stereocenters. The van der Waals surface area contributed by atoms with Crippen LogP contribution in [0.4, 0.5) is 0 Å². The third-order valence-electron chi connectivity index (χ3n) is 3.03. The summed E-state index contributed by atoms with van der Waals surface area (Å²) in [6, 6.07) is 6.12. The summed E-state index contributed by atoms with van der Waals surface area (Å²) in [5.41, 5.74) is 3.99. The van der Waals surface area contributed by atoms with E-state index >= 15 is 0 Å². The number of rotatable bonds is 5. The first kappa shape index (κ1) is 13.1. The van der Waals surface area contributed by atoms with Crippen molar-refractivity contribution in [3.8, 4) is 11.5 Å². The van der Waals surface area contributed by atoms with E-state index in [2.05, 4.69) is 24.4 Å². The highest BCUT2D eigenvalue weighted by Crippen LogP contribution is 2.33. The lowest BCUT2D eigenvalue weighted by molar-refractivity contribution is 0.171. The first-order valence-electron chi connectivity index (χ1n) is 6.21. The molecule has 5 nitrogen and oxygen atoms in total. The molecule has 1 aromatic rings. The van der Waals surface area contributed by atoms with Gasteiger partial charge in [0, 0.05) is 6.04 Å². The predicted octanol–water partition coefficient (Wildman–Crippen LogP) is 0.914. The third kappa shape index (κ3) is 3.13. The summed E-state index contributed by atoms with van der Waals surface area (Å²) in [5, 5.41) is 0. The summed E-state index contributed by atoms with van der Waals surface area (Å²) in [4.78, 5) is 2.14. The van der Waals surface area contributed by atoms with Crippen molar-refractivity contribution in [2.75, 3.05) is 33.9 Å². The minimum absolute atomic E-state index is 0.128. The molecule has 2 rings (SSSR count). The number of nitrogens with one attached hydrogen (secondary N) is 1. The van der Waals surface area contributed by atoms with Crippen LogP contribution in [0, 0.1) is 0 Å². The highest BCUT2D eigenvalue weighted by molar-refractivity contribution is 5.44. The van der Waals surface area contributed by atoms with Gasteiger partial charge in [-0.3, -0.25) is 11.3 Å². The molecule has 0 amide bonds. The number of nitrogens with two attached hydrogens (primary N) is 1. The van der Waals surface area contributed by atoms with Crippen LogP contribution in [-0.2, 0) is 0 Å². The van der Waals surface area contributed by atoms with Crippen molar-refractivity contribution in [2.45, 2.75) is 12.5 Å². The van der Waals surface area contributed by atoms with Gasteiger partial charge in [-0.2, -0.15) is 0 Å². The summed E-state index contributed by atoms with van der Waals surface area (Å²) in [5.74, 6) is 7.25. The Labute approximate surface area is 108 Å². The molecular weight excluding hydrogens is 230 g/mol. The molecule has 0 saturated heterocycles. The third-order valence-corrected chi connectivity index (χ3v) is 3.03. The molecule has 0 saturated carbocycles. The van der Waals surface area contributed by atoms with Gasteiger partial charge in [-0.1, -0.05) is 6.07 Å². The molecular formula is C13H21N3O2. The second kappa shape index (κ2) is 6.04. The molecule has 0 fully saturated rings. The Bertz CT molecular complexity index is 396. The quantitative estimate of drug-likeness (QED) is 0.602. The van der Waals surface area contributed by atoms with E-state index < -0.39 is 0 Å². The molecule has 1 aliphatic rings. The predicted molar refractivity (Wildman–Crippen MR) is 70.7 cm³/mol. The van der Waals surface area contributed by atoms with Gasteiger partial charge in [-0.25, -0.2) is 0 Å². The highest BCUT2D eigenvalue weighted by Gasteiger charge is 2.16. The molecule has 1 unspecified atom stereocenters. The summed E-state index contributed by atoms with van der Waals surface area (Å²) >= 11 is 0. The first-order chi connectivity index (χ1) is 8.70. The number of nitrogens with zero attached hydrogens (tertiary/aromatic N) is 1. The minimum Gasteiger partial charge on any atom is -0.486 e. The van der Waals surface area contributed by atoms with Crippen LogP contribution in [0.15, 0.2) is 18.2 Å². The lowest BCUT2D eigenvalue weighted by Gasteiger charge is -2.22. The van der Waals surface area contributed by atoms with E-state index in [9.17, 15) is 0 Å². The summed E-state index contributed by atoms with van der Waals surface area (Å²) < 4.78 is 11.1. The Balaban J connectivity index is 2.10. The fourth-order valence-electron chi connectivity index (χ4n) is 2.01. The molecule has 1 heterocycles. The number of fused-ring (bicyclic) bond motifs is 1. The van der Waals surface area contributed by atoms with Crippen molar-refractivity contribution in [1.82, 2.24) is 10.3 Å². The minimum atomic E-state index is 0.128. The monoisotopic (exact) mass is 251 g/mol. The van der Waals surface area contributed by atoms with Crippen LogP contribution in [0.5, 0.6) is 11.5 Å². The van der Waals surface area contributed by atoms with Gasteiger partial charge in [0.25, 0.3) is 0 Å². The Kier molecular flexibility index (Phi) is 4.41. The highest BCUT2D eigenvalue weighted by atomic mass is 16.6. The SMILES string of the molecule is CN(C)CCC(NN)c1ccc2c(c1)OCCO2. The molecule has 5 heteroatoms. The van der Waals surface area contributed by atoms with Gasteiger partial charge in [-0.15, -0.1) is 0 Å².